The lowest BCUT2D eigenvalue weighted by atomic mass is 9.78. The smallest absolute Gasteiger partial charge is 0.239 e. The molecule has 0 heterocycles. The second-order valence-electron chi connectivity index (χ2n) is 4.47. The maximum Gasteiger partial charge on any atom is 0.239 e. The Hall–Kier alpha value is -2.35. The van der Waals surface area contributed by atoms with Crippen molar-refractivity contribution >= 4 is 11.8 Å². The lowest BCUT2D eigenvalue weighted by molar-refractivity contribution is -0.125. The van der Waals surface area contributed by atoms with Crippen molar-refractivity contribution < 1.29 is 9.59 Å². The zero-order valence-electron chi connectivity index (χ0n) is 11.0. The minimum atomic E-state index is -0.965. The molecule has 5 nitrogen and oxygen atoms in total. The third-order valence-corrected chi connectivity index (χ3v) is 3.12. The average molecular weight is 258 g/mol. The van der Waals surface area contributed by atoms with E-state index in [9.17, 15) is 9.59 Å². The summed E-state index contributed by atoms with van der Waals surface area (Å²) in [5.74, 6) is -0.965. The molecule has 1 radical (unpaired) electrons. The normalized spacial score (nSPS) is 13.1. The van der Waals surface area contributed by atoms with Gasteiger partial charge in [-0.2, -0.15) is 5.26 Å². The van der Waals surface area contributed by atoms with Crippen molar-refractivity contribution in [2.24, 2.45) is 5.73 Å². The number of primary amides is 1. The summed E-state index contributed by atoms with van der Waals surface area (Å²) < 4.78 is 0. The molecule has 0 aliphatic rings. The number of amides is 2. The fourth-order valence-electron chi connectivity index (χ4n) is 1.64. The van der Waals surface area contributed by atoms with Crippen LogP contribution in [-0.2, 0) is 15.0 Å². The van der Waals surface area contributed by atoms with Gasteiger partial charge >= 0.3 is 0 Å². The lowest BCUT2D eigenvalue weighted by Gasteiger charge is -2.26. The van der Waals surface area contributed by atoms with Crippen LogP contribution < -0.4 is 5.73 Å². The molecule has 0 saturated heterocycles. The van der Waals surface area contributed by atoms with Crippen LogP contribution >= 0.6 is 0 Å². The summed E-state index contributed by atoms with van der Waals surface area (Å²) in [5, 5.41) is 8.60. The second-order valence-corrected chi connectivity index (χ2v) is 4.47. The molecule has 5 heteroatoms. The molecule has 1 rings (SSSR count). The van der Waals surface area contributed by atoms with Crippen LogP contribution in [0.25, 0.3) is 0 Å². The molecule has 2 N–H and O–H groups in total. The zero-order valence-corrected chi connectivity index (χ0v) is 11.0. The van der Waals surface area contributed by atoms with Gasteiger partial charge in [0.2, 0.25) is 11.8 Å². The number of nitrogens with two attached hydrogens (primary N) is 1. The zero-order chi connectivity index (χ0) is 14.5. The molecular formula is C14H16N3O2. The number of rotatable bonds is 5. The largest absolute Gasteiger partial charge is 0.369 e. The molecule has 0 fully saturated rings. The highest BCUT2D eigenvalue weighted by molar-refractivity contribution is 5.90. The van der Waals surface area contributed by atoms with Gasteiger partial charge in [-0.05, 0) is 18.9 Å². The number of hydrogen-bond donors (Lipinski definition) is 1. The van der Waals surface area contributed by atoms with Gasteiger partial charge in [-0.3, -0.25) is 14.5 Å². The number of carbonyl (C=O) groups excluding carboxylic acids is 2. The summed E-state index contributed by atoms with van der Waals surface area (Å²) in [6, 6.07) is 9.02. The molecule has 0 aliphatic heterocycles. The Morgan fingerprint density at radius 1 is 1.42 bits per heavy atom. The SMILES string of the molecule is CN(C#N)C(=O)[CH]C[C@](C)(C(N)=O)c1ccccc1. The molecule has 1 aromatic rings. The third-order valence-electron chi connectivity index (χ3n) is 3.12. The predicted octanol–water partition coefficient (Wildman–Crippen LogP) is 0.963. The quantitative estimate of drug-likeness (QED) is 0.630. The van der Waals surface area contributed by atoms with Gasteiger partial charge in [0.05, 0.1) is 11.8 Å². The van der Waals surface area contributed by atoms with E-state index < -0.39 is 17.2 Å². The number of nitriles is 1. The maximum atomic E-state index is 11.7. The second kappa shape index (κ2) is 6.01. The molecule has 2 amide bonds. The van der Waals surface area contributed by atoms with E-state index in [4.69, 9.17) is 11.0 Å². The average Bonchev–Trinajstić information content (AvgIpc) is 2.44. The van der Waals surface area contributed by atoms with Crippen LogP contribution in [0.3, 0.4) is 0 Å². The first-order valence-electron chi connectivity index (χ1n) is 5.78. The van der Waals surface area contributed by atoms with Gasteiger partial charge in [-0.25, -0.2) is 0 Å². The topological polar surface area (TPSA) is 87.2 Å². The van der Waals surface area contributed by atoms with Crippen molar-refractivity contribution in [3.63, 3.8) is 0 Å². The van der Waals surface area contributed by atoms with Crippen LogP contribution in [-0.4, -0.2) is 23.8 Å². The summed E-state index contributed by atoms with van der Waals surface area (Å²) in [4.78, 5) is 24.2. The molecule has 99 valence electrons. The summed E-state index contributed by atoms with van der Waals surface area (Å²) in [6.07, 6.45) is 3.16. The van der Waals surface area contributed by atoms with Gasteiger partial charge in [0.1, 0.15) is 0 Å². The Morgan fingerprint density at radius 2 is 2.00 bits per heavy atom. The highest BCUT2D eigenvalue weighted by Gasteiger charge is 2.33. The Labute approximate surface area is 112 Å². The van der Waals surface area contributed by atoms with Crippen molar-refractivity contribution in [1.29, 1.82) is 5.26 Å². The molecule has 19 heavy (non-hydrogen) atoms. The fourth-order valence-corrected chi connectivity index (χ4v) is 1.64. The van der Waals surface area contributed by atoms with E-state index in [1.54, 1.807) is 37.4 Å². The molecule has 0 unspecified atom stereocenters. The summed E-state index contributed by atoms with van der Waals surface area (Å²) in [7, 11) is 1.36. The number of hydrogen-bond acceptors (Lipinski definition) is 3. The van der Waals surface area contributed by atoms with Gasteiger partial charge < -0.3 is 5.73 Å². The molecule has 0 aromatic heterocycles. The molecule has 0 bridgehead atoms. The van der Waals surface area contributed by atoms with Crippen molar-refractivity contribution in [2.45, 2.75) is 18.8 Å². The van der Waals surface area contributed by atoms with Crippen LogP contribution in [0.1, 0.15) is 18.9 Å². The Morgan fingerprint density at radius 3 is 2.47 bits per heavy atom. The van der Waals surface area contributed by atoms with Gasteiger partial charge in [0, 0.05) is 7.05 Å². The van der Waals surface area contributed by atoms with Gasteiger partial charge in [0.15, 0.2) is 6.19 Å². The van der Waals surface area contributed by atoms with Crippen molar-refractivity contribution in [3.05, 3.63) is 42.3 Å². The highest BCUT2D eigenvalue weighted by Crippen LogP contribution is 2.28. The first-order chi connectivity index (χ1) is 8.91. The fraction of sp³-hybridized carbons (Fsp3) is 0.286. The first kappa shape index (κ1) is 14.7. The molecule has 1 aromatic carbocycles. The summed E-state index contributed by atoms with van der Waals surface area (Å²) in [5.41, 5.74) is 5.23. The van der Waals surface area contributed by atoms with Crippen LogP contribution in [0, 0.1) is 17.9 Å². The van der Waals surface area contributed by atoms with E-state index in [2.05, 4.69) is 0 Å². The molecule has 0 aliphatic carbocycles. The van der Waals surface area contributed by atoms with Gasteiger partial charge in [-0.15, -0.1) is 0 Å². The van der Waals surface area contributed by atoms with E-state index in [-0.39, 0.29) is 6.42 Å². The monoisotopic (exact) mass is 258 g/mol. The van der Waals surface area contributed by atoms with Crippen LogP contribution in [0.2, 0.25) is 0 Å². The van der Waals surface area contributed by atoms with Crippen molar-refractivity contribution in [2.75, 3.05) is 7.05 Å². The van der Waals surface area contributed by atoms with Gasteiger partial charge in [0.25, 0.3) is 0 Å². The summed E-state index contributed by atoms with van der Waals surface area (Å²) in [6.45, 7) is 1.68. The van der Waals surface area contributed by atoms with E-state index in [1.165, 1.54) is 13.5 Å². The van der Waals surface area contributed by atoms with Crippen molar-refractivity contribution in [1.82, 2.24) is 4.90 Å². The minimum absolute atomic E-state index is 0.150. The van der Waals surface area contributed by atoms with Gasteiger partial charge in [-0.1, -0.05) is 30.3 Å². The van der Waals surface area contributed by atoms with E-state index >= 15 is 0 Å². The highest BCUT2D eigenvalue weighted by atomic mass is 16.2. The maximum absolute atomic E-state index is 11.7. The molecule has 0 spiro atoms. The van der Waals surface area contributed by atoms with Crippen LogP contribution in [0.4, 0.5) is 0 Å². The Kier molecular flexibility index (Phi) is 4.65. The van der Waals surface area contributed by atoms with E-state index in [0.29, 0.717) is 0 Å². The third kappa shape index (κ3) is 3.32. The van der Waals surface area contributed by atoms with E-state index in [1.807, 2.05) is 6.07 Å². The van der Waals surface area contributed by atoms with Crippen LogP contribution in [0.5, 0.6) is 0 Å². The van der Waals surface area contributed by atoms with Crippen molar-refractivity contribution in [3.8, 4) is 6.19 Å². The standard InChI is InChI=1S/C14H16N3O2/c1-14(13(16)19,11-6-4-3-5-7-11)9-8-12(18)17(2)10-15/h3-8H,9H2,1-2H3,(H2,16,19)/t14-/m0/s1. The Bertz CT molecular complexity index is 507. The van der Waals surface area contributed by atoms with E-state index in [0.717, 1.165) is 10.5 Å². The molecule has 1 atom stereocenters. The number of nitrogens with zero attached hydrogens (tertiary/aromatic N) is 2. The number of carbonyl (C=O) groups is 2. The van der Waals surface area contributed by atoms with Crippen LogP contribution in [0.15, 0.2) is 30.3 Å². The lowest BCUT2D eigenvalue weighted by Crippen LogP contribution is -2.39. The first-order valence-corrected chi connectivity index (χ1v) is 5.78. The molecule has 0 saturated carbocycles. The minimum Gasteiger partial charge on any atom is -0.369 e. The summed E-state index contributed by atoms with van der Waals surface area (Å²) >= 11 is 0. The number of benzene rings is 1. The molecular weight excluding hydrogens is 242 g/mol. The Balaban J connectivity index is 2.89. The predicted molar refractivity (Wildman–Crippen MR) is 70.3 cm³/mol.